The first-order valence-corrected chi connectivity index (χ1v) is 10.7. The number of piperidine rings is 1. The van der Waals surface area contributed by atoms with Crippen molar-refractivity contribution in [2.75, 3.05) is 19.5 Å². The quantitative estimate of drug-likeness (QED) is 0.668. The van der Waals surface area contributed by atoms with E-state index in [-0.39, 0.29) is 36.4 Å². The van der Waals surface area contributed by atoms with Crippen molar-refractivity contribution in [2.24, 2.45) is 0 Å². The number of hydrogen-bond acceptors (Lipinski definition) is 6. The molecule has 0 bridgehead atoms. The van der Waals surface area contributed by atoms with E-state index >= 15 is 0 Å². The van der Waals surface area contributed by atoms with Gasteiger partial charge in [-0.15, -0.1) is 0 Å². The molecule has 0 saturated carbocycles. The summed E-state index contributed by atoms with van der Waals surface area (Å²) in [5.41, 5.74) is 0.00214. The molecular weight excluding hydrogens is 440 g/mol. The number of rotatable bonds is 4. The van der Waals surface area contributed by atoms with Gasteiger partial charge in [-0.3, -0.25) is 29.4 Å². The monoisotopic (exact) mass is 464 g/mol. The molecule has 1 fully saturated rings. The average Bonchev–Trinajstić information content (AvgIpc) is 3.18. The number of imide groups is 2. The van der Waals surface area contributed by atoms with E-state index in [1.165, 1.54) is 25.1 Å². The van der Waals surface area contributed by atoms with Crippen LogP contribution in [0.4, 0.5) is 10.5 Å². The smallest absolute Gasteiger partial charge is 0.328 e. The molecule has 34 heavy (non-hydrogen) atoms. The fourth-order valence-electron chi connectivity index (χ4n) is 4.17. The Balaban J connectivity index is 1.57. The maximum atomic E-state index is 13.4. The Labute approximate surface area is 195 Å². The summed E-state index contributed by atoms with van der Waals surface area (Å²) in [5.74, 6) is -1.55. The molecule has 0 aromatic heterocycles. The molecule has 0 radical (unpaired) electrons. The van der Waals surface area contributed by atoms with Crippen LogP contribution in [0, 0.1) is 0 Å². The second-order valence-corrected chi connectivity index (χ2v) is 8.41. The minimum absolute atomic E-state index is 0.0594. The molecule has 6 amide bonds. The summed E-state index contributed by atoms with van der Waals surface area (Å²) in [7, 11) is 2.82. The lowest BCUT2D eigenvalue weighted by Gasteiger charge is -2.39. The van der Waals surface area contributed by atoms with Crippen LogP contribution >= 0.6 is 0 Å². The van der Waals surface area contributed by atoms with Gasteiger partial charge in [0, 0.05) is 31.8 Å². The third-order valence-electron chi connectivity index (χ3n) is 6.28. The van der Waals surface area contributed by atoms with E-state index < -0.39 is 29.3 Å². The van der Waals surface area contributed by atoms with Crippen molar-refractivity contribution in [1.29, 1.82) is 0 Å². The lowest BCUT2D eigenvalue weighted by Crippen LogP contribution is -2.61. The summed E-state index contributed by atoms with van der Waals surface area (Å²) in [6.45, 7) is 1.72. The zero-order valence-corrected chi connectivity index (χ0v) is 19.0. The third-order valence-corrected chi connectivity index (χ3v) is 6.28. The van der Waals surface area contributed by atoms with Gasteiger partial charge >= 0.3 is 6.03 Å². The summed E-state index contributed by atoms with van der Waals surface area (Å²) < 4.78 is 5.14. The Hall–Kier alpha value is -4.21. The van der Waals surface area contributed by atoms with E-state index in [2.05, 4.69) is 10.6 Å². The number of carbonyl (C=O) groups is 5. The van der Waals surface area contributed by atoms with Crippen molar-refractivity contribution in [1.82, 2.24) is 15.1 Å². The van der Waals surface area contributed by atoms with Gasteiger partial charge in [0.1, 0.15) is 11.3 Å². The zero-order valence-electron chi connectivity index (χ0n) is 19.0. The van der Waals surface area contributed by atoms with Crippen LogP contribution in [-0.2, 0) is 16.1 Å². The largest absolute Gasteiger partial charge is 0.497 e. The number of urea groups is 1. The summed E-state index contributed by atoms with van der Waals surface area (Å²) in [6.07, 6.45) is 0.296. The molecule has 176 valence electrons. The molecule has 2 aromatic carbocycles. The summed E-state index contributed by atoms with van der Waals surface area (Å²) in [5, 5.41) is 4.92. The molecule has 2 aliphatic heterocycles. The number of fused-ring (bicyclic) bond motifs is 1. The zero-order chi connectivity index (χ0) is 24.6. The summed E-state index contributed by atoms with van der Waals surface area (Å²) in [4.78, 5) is 65.8. The maximum Gasteiger partial charge on any atom is 0.328 e. The highest BCUT2D eigenvalue weighted by Crippen LogP contribution is 2.35. The van der Waals surface area contributed by atoms with E-state index in [0.717, 1.165) is 4.90 Å². The summed E-state index contributed by atoms with van der Waals surface area (Å²) in [6, 6.07) is 10.8. The minimum atomic E-state index is -1.22. The molecule has 1 atom stereocenters. The first-order chi connectivity index (χ1) is 16.2. The topological polar surface area (TPSA) is 125 Å². The number of methoxy groups -OCH3 is 1. The Morgan fingerprint density at radius 1 is 1.15 bits per heavy atom. The van der Waals surface area contributed by atoms with Gasteiger partial charge < -0.3 is 15.0 Å². The number of benzene rings is 2. The van der Waals surface area contributed by atoms with Crippen LogP contribution in [0.1, 0.15) is 46.0 Å². The number of ether oxygens (including phenoxy) is 1. The molecule has 2 heterocycles. The molecule has 0 aliphatic carbocycles. The highest BCUT2D eigenvalue weighted by Gasteiger charge is 2.49. The van der Waals surface area contributed by atoms with Crippen LogP contribution in [0.3, 0.4) is 0 Å². The number of nitrogens with one attached hydrogen (secondary N) is 2. The molecule has 1 saturated heterocycles. The van der Waals surface area contributed by atoms with E-state index in [9.17, 15) is 24.0 Å². The van der Waals surface area contributed by atoms with E-state index in [1.807, 2.05) is 0 Å². The molecule has 10 nitrogen and oxygen atoms in total. The first-order valence-electron chi connectivity index (χ1n) is 10.7. The lowest BCUT2D eigenvalue weighted by molar-refractivity contribution is -0.142. The van der Waals surface area contributed by atoms with Crippen LogP contribution in [-0.4, -0.2) is 59.2 Å². The van der Waals surface area contributed by atoms with Crippen molar-refractivity contribution in [3.63, 3.8) is 0 Å². The Kier molecular flexibility index (Phi) is 5.82. The van der Waals surface area contributed by atoms with Crippen LogP contribution in [0.25, 0.3) is 0 Å². The van der Waals surface area contributed by atoms with Gasteiger partial charge in [-0.05, 0) is 37.1 Å². The molecule has 0 spiro atoms. The number of amides is 6. The van der Waals surface area contributed by atoms with E-state index in [4.69, 9.17) is 4.74 Å². The van der Waals surface area contributed by atoms with Crippen molar-refractivity contribution >= 4 is 35.3 Å². The highest BCUT2D eigenvalue weighted by atomic mass is 16.5. The number of hydrogen-bond donors (Lipinski definition) is 2. The fraction of sp³-hybridized carbons (Fsp3) is 0.292. The van der Waals surface area contributed by atoms with Crippen LogP contribution < -0.4 is 15.4 Å². The van der Waals surface area contributed by atoms with Crippen molar-refractivity contribution in [3.05, 3.63) is 59.2 Å². The molecular formula is C24H24N4O6. The fourth-order valence-corrected chi connectivity index (χ4v) is 4.17. The van der Waals surface area contributed by atoms with Gasteiger partial charge in [-0.25, -0.2) is 4.79 Å². The standard InChI is InChI=1S/C24H24N4O6/c1-24(11-10-18(29)26-22(24)32)28-13-14-6-4-9-17(19(14)21(28)31)20(30)27(2)23(33)25-15-7-5-8-16(12-15)34-3/h4-9,12H,10-11,13H2,1-3H3,(H,25,33)(H,26,29,32)/t24-/m0/s1. The molecule has 0 unspecified atom stereocenters. The van der Waals surface area contributed by atoms with Crippen molar-refractivity contribution < 1.29 is 28.7 Å². The predicted octanol–water partition coefficient (Wildman–Crippen LogP) is 2.15. The Bertz CT molecular complexity index is 1230. The third kappa shape index (κ3) is 3.87. The number of anilines is 1. The van der Waals surface area contributed by atoms with Gasteiger partial charge in [0.25, 0.3) is 17.7 Å². The van der Waals surface area contributed by atoms with Crippen LogP contribution in [0.15, 0.2) is 42.5 Å². The van der Waals surface area contributed by atoms with E-state index in [0.29, 0.717) is 17.0 Å². The molecule has 2 N–H and O–H groups in total. The van der Waals surface area contributed by atoms with Crippen LogP contribution in [0.2, 0.25) is 0 Å². The SMILES string of the molecule is COc1cccc(NC(=O)N(C)C(=O)c2cccc3c2C(=O)N([C@@]2(C)CCC(=O)NC2=O)C3)c1. The second-order valence-electron chi connectivity index (χ2n) is 8.41. The number of carbonyl (C=O) groups excluding carboxylic acids is 5. The molecule has 2 aromatic rings. The normalized spacial score (nSPS) is 19.4. The highest BCUT2D eigenvalue weighted by molar-refractivity contribution is 6.15. The Morgan fingerprint density at radius 2 is 1.88 bits per heavy atom. The van der Waals surface area contributed by atoms with Crippen molar-refractivity contribution in [3.8, 4) is 5.75 Å². The van der Waals surface area contributed by atoms with Gasteiger partial charge in [0.05, 0.1) is 18.2 Å². The van der Waals surface area contributed by atoms with Gasteiger partial charge in [-0.2, -0.15) is 0 Å². The van der Waals surface area contributed by atoms with Gasteiger partial charge in [-0.1, -0.05) is 18.2 Å². The van der Waals surface area contributed by atoms with E-state index in [1.54, 1.807) is 43.3 Å². The van der Waals surface area contributed by atoms with Crippen molar-refractivity contribution in [2.45, 2.75) is 31.8 Å². The minimum Gasteiger partial charge on any atom is -0.497 e. The summed E-state index contributed by atoms with van der Waals surface area (Å²) >= 11 is 0. The molecule has 10 heteroatoms. The maximum absolute atomic E-state index is 13.4. The number of nitrogens with zero attached hydrogens (tertiary/aromatic N) is 2. The van der Waals surface area contributed by atoms with Gasteiger partial charge in [0.2, 0.25) is 5.91 Å². The van der Waals surface area contributed by atoms with Gasteiger partial charge in [0.15, 0.2) is 0 Å². The lowest BCUT2D eigenvalue weighted by atomic mass is 9.89. The second kappa shape index (κ2) is 8.62. The van der Waals surface area contributed by atoms with Crippen LogP contribution in [0.5, 0.6) is 5.75 Å². The average molecular weight is 464 g/mol. The first kappa shape index (κ1) is 23.0. The molecule has 2 aliphatic rings. The predicted molar refractivity (Wildman–Crippen MR) is 121 cm³/mol. The Morgan fingerprint density at radius 3 is 2.59 bits per heavy atom. The molecule has 4 rings (SSSR count).